The van der Waals surface area contributed by atoms with Gasteiger partial charge in [0.1, 0.15) is 5.84 Å². The fraction of sp³-hybridized carbons (Fsp3) is 0.550. The van der Waals surface area contributed by atoms with Gasteiger partial charge in [0.25, 0.3) is 10.0 Å². The molecule has 1 fully saturated rings. The third-order valence-corrected chi connectivity index (χ3v) is 6.77. The van der Waals surface area contributed by atoms with Gasteiger partial charge in [-0.05, 0) is 49.9 Å². The van der Waals surface area contributed by atoms with Crippen LogP contribution in [0.15, 0.2) is 34.2 Å². The molecule has 2 aliphatic heterocycles. The molecule has 0 unspecified atom stereocenters. The molecule has 2 aliphatic rings. The number of carbonyl (C=O) groups excluding carboxylic acids is 2. The molecule has 8 nitrogen and oxygen atoms in total. The molecule has 1 aromatic carbocycles. The fourth-order valence-electron chi connectivity index (χ4n) is 3.59. The van der Waals surface area contributed by atoms with Crippen molar-refractivity contribution in [2.45, 2.75) is 50.3 Å². The van der Waals surface area contributed by atoms with Crippen LogP contribution in [0.1, 0.15) is 45.4 Å². The molecule has 0 radical (unpaired) electrons. The molecule has 2 amide bonds. The second-order valence-corrected chi connectivity index (χ2v) is 9.22. The van der Waals surface area contributed by atoms with E-state index in [0.717, 1.165) is 19.3 Å². The molecule has 0 atom stereocenters. The van der Waals surface area contributed by atoms with Gasteiger partial charge in [0.15, 0.2) is 0 Å². The number of nitrogens with one attached hydrogen (secondary N) is 2. The third kappa shape index (κ3) is 5.79. The van der Waals surface area contributed by atoms with Crippen LogP contribution < -0.4 is 10.0 Å². The first kappa shape index (κ1) is 21.3. The van der Waals surface area contributed by atoms with Crippen molar-refractivity contribution < 1.29 is 18.0 Å². The minimum Gasteiger partial charge on any atom is -0.343 e. The highest BCUT2D eigenvalue weighted by Gasteiger charge is 2.26. The number of anilines is 1. The zero-order valence-electron chi connectivity index (χ0n) is 16.7. The Morgan fingerprint density at radius 1 is 1.07 bits per heavy atom. The smallest absolute Gasteiger partial charge is 0.262 e. The zero-order chi connectivity index (χ0) is 20.9. The van der Waals surface area contributed by atoms with Crippen molar-refractivity contribution in [1.29, 1.82) is 0 Å². The van der Waals surface area contributed by atoms with Crippen molar-refractivity contribution in [3.8, 4) is 0 Å². The van der Waals surface area contributed by atoms with Crippen LogP contribution in [0.3, 0.4) is 0 Å². The minimum absolute atomic E-state index is 0.0316. The summed E-state index contributed by atoms with van der Waals surface area (Å²) in [5.41, 5.74) is 0.551. The van der Waals surface area contributed by atoms with Crippen molar-refractivity contribution in [3.63, 3.8) is 0 Å². The summed E-state index contributed by atoms with van der Waals surface area (Å²) in [6.07, 6.45) is 4.85. The van der Waals surface area contributed by atoms with Crippen LogP contribution >= 0.6 is 0 Å². The Hall–Kier alpha value is -2.42. The largest absolute Gasteiger partial charge is 0.343 e. The lowest BCUT2D eigenvalue weighted by Crippen LogP contribution is -2.40. The molecule has 1 aromatic rings. The summed E-state index contributed by atoms with van der Waals surface area (Å²) in [7, 11) is -3.69. The van der Waals surface area contributed by atoms with Gasteiger partial charge < -0.3 is 10.2 Å². The van der Waals surface area contributed by atoms with Crippen LogP contribution in [-0.2, 0) is 19.6 Å². The number of piperidine rings is 1. The minimum atomic E-state index is -3.69. The Labute approximate surface area is 171 Å². The number of sulfonamides is 1. The molecule has 0 saturated carbocycles. The fourth-order valence-corrected chi connectivity index (χ4v) is 4.68. The predicted molar refractivity (Wildman–Crippen MR) is 111 cm³/mol. The number of likely N-dealkylation sites (tertiary alicyclic amines) is 1. The number of hydrogen-bond donors (Lipinski definition) is 2. The van der Waals surface area contributed by atoms with Gasteiger partial charge in [-0.2, -0.15) is 0 Å². The van der Waals surface area contributed by atoms with Crippen LogP contribution in [-0.4, -0.2) is 50.6 Å². The SMILES string of the molecule is CC(=O)N1CCC(C(=O)Nc2ccc(S(=O)(=O)NC3=NCCCCC3)cc2)CC1. The lowest BCUT2D eigenvalue weighted by atomic mass is 9.96. The quantitative estimate of drug-likeness (QED) is 0.778. The van der Waals surface area contributed by atoms with Gasteiger partial charge in [-0.15, -0.1) is 0 Å². The van der Waals surface area contributed by atoms with Crippen molar-refractivity contribution >= 4 is 33.4 Å². The van der Waals surface area contributed by atoms with E-state index in [4.69, 9.17) is 0 Å². The maximum Gasteiger partial charge on any atom is 0.262 e. The van der Waals surface area contributed by atoms with Crippen LogP contribution in [0.25, 0.3) is 0 Å². The van der Waals surface area contributed by atoms with Gasteiger partial charge in [0.05, 0.1) is 4.90 Å². The van der Waals surface area contributed by atoms with E-state index in [2.05, 4.69) is 15.0 Å². The zero-order valence-corrected chi connectivity index (χ0v) is 17.5. The summed E-state index contributed by atoms with van der Waals surface area (Å²) in [5.74, 6) is 0.291. The monoisotopic (exact) mass is 420 g/mol. The topological polar surface area (TPSA) is 108 Å². The highest BCUT2D eigenvalue weighted by Crippen LogP contribution is 2.21. The predicted octanol–water partition coefficient (Wildman–Crippen LogP) is 2.13. The van der Waals surface area contributed by atoms with Gasteiger partial charge in [0.2, 0.25) is 11.8 Å². The van der Waals surface area contributed by atoms with Gasteiger partial charge >= 0.3 is 0 Å². The van der Waals surface area contributed by atoms with E-state index in [-0.39, 0.29) is 22.6 Å². The number of aliphatic imine (C=N–C) groups is 1. The summed E-state index contributed by atoms with van der Waals surface area (Å²) in [4.78, 5) is 30.0. The maximum absolute atomic E-state index is 12.6. The average molecular weight is 421 g/mol. The van der Waals surface area contributed by atoms with Gasteiger partial charge in [-0.25, -0.2) is 8.42 Å². The summed E-state index contributed by atoms with van der Waals surface area (Å²) in [5, 5.41) is 2.84. The van der Waals surface area contributed by atoms with E-state index < -0.39 is 10.0 Å². The van der Waals surface area contributed by atoms with Crippen molar-refractivity contribution in [1.82, 2.24) is 9.62 Å². The molecule has 3 rings (SSSR count). The van der Waals surface area contributed by atoms with E-state index in [9.17, 15) is 18.0 Å². The normalized spacial score (nSPS) is 18.5. The molecule has 0 bridgehead atoms. The lowest BCUT2D eigenvalue weighted by Gasteiger charge is -2.30. The molecule has 0 aliphatic carbocycles. The molecule has 2 heterocycles. The van der Waals surface area contributed by atoms with E-state index in [1.807, 2.05) is 0 Å². The lowest BCUT2D eigenvalue weighted by molar-refractivity contribution is -0.132. The van der Waals surface area contributed by atoms with Crippen LogP contribution in [0.4, 0.5) is 5.69 Å². The first-order chi connectivity index (χ1) is 13.8. The number of nitrogens with zero attached hydrogens (tertiary/aromatic N) is 2. The number of hydrogen-bond acceptors (Lipinski definition) is 5. The molecular weight excluding hydrogens is 392 g/mol. The number of amides is 2. The standard InChI is InChI=1S/C20H28N4O4S/c1-15(25)24-13-10-16(11-14-24)20(26)22-17-6-8-18(9-7-17)29(27,28)23-19-5-3-2-4-12-21-19/h6-9,16H,2-5,10-14H2,1H3,(H,21,23)(H,22,26). The summed E-state index contributed by atoms with van der Waals surface area (Å²) >= 11 is 0. The Morgan fingerprint density at radius 3 is 2.41 bits per heavy atom. The summed E-state index contributed by atoms with van der Waals surface area (Å²) in [6, 6.07) is 6.14. The molecule has 29 heavy (non-hydrogen) atoms. The molecule has 2 N–H and O–H groups in total. The molecule has 0 spiro atoms. The Bertz CT molecular complexity index is 872. The number of amidine groups is 1. The van der Waals surface area contributed by atoms with Gasteiger partial charge in [-0.3, -0.25) is 19.3 Å². The van der Waals surface area contributed by atoms with Gasteiger partial charge in [-0.1, -0.05) is 6.42 Å². The number of benzene rings is 1. The van der Waals surface area contributed by atoms with Crippen LogP contribution in [0.5, 0.6) is 0 Å². The number of rotatable bonds is 4. The van der Waals surface area contributed by atoms with E-state index in [1.165, 1.54) is 19.1 Å². The number of carbonyl (C=O) groups is 2. The molecule has 9 heteroatoms. The highest BCUT2D eigenvalue weighted by atomic mass is 32.2. The van der Waals surface area contributed by atoms with Gasteiger partial charge in [0, 0.05) is 44.6 Å². The first-order valence-corrected chi connectivity index (χ1v) is 11.6. The van der Waals surface area contributed by atoms with E-state index >= 15 is 0 Å². The Morgan fingerprint density at radius 2 is 1.76 bits per heavy atom. The van der Waals surface area contributed by atoms with Crippen molar-refractivity contribution in [3.05, 3.63) is 24.3 Å². The van der Waals surface area contributed by atoms with Crippen LogP contribution in [0.2, 0.25) is 0 Å². The molecule has 1 saturated heterocycles. The van der Waals surface area contributed by atoms with E-state index in [1.54, 1.807) is 17.0 Å². The average Bonchev–Trinajstić information content (AvgIpc) is 2.96. The molecular formula is C20H28N4O4S. The molecule has 0 aromatic heterocycles. The van der Waals surface area contributed by atoms with Crippen molar-refractivity contribution in [2.75, 3.05) is 25.0 Å². The van der Waals surface area contributed by atoms with E-state index in [0.29, 0.717) is 50.4 Å². The third-order valence-electron chi connectivity index (χ3n) is 5.37. The summed E-state index contributed by atoms with van der Waals surface area (Å²) < 4.78 is 27.7. The van der Waals surface area contributed by atoms with Crippen LogP contribution in [0, 0.1) is 5.92 Å². The molecule has 158 valence electrons. The maximum atomic E-state index is 12.6. The Balaban J connectivity index is 1.57. The summed E-state index contributed by atoms with van der Waals surface area (Å²) in [6.45, 7) is 3.35. The second-order valence-electron chi connectivity index (χ2n) is 7.54. The Kier molecular flexibility index (Phi) is 6.89. The van der Waals surface area contributed by atoms with Crippen molar-refractivity contribution in [2.24, 2.45) is 10.9 Å². The highest BCUT2D eigenvalue weighted by molar-refractivity contribution is 7.90. The first-order valence-electron chi connectivity index (χ1n) is 10.1. The second kappa shape index (κ2) is 9.39.